The Kier molecular flexibility index (Phi) is 4.19. The Hall–Kier alpha value is -1.13. The Morgan fingerprint density at radius 3 is 2.67 bits per heavy atom. The van der Waals surface area contributed by atoms with Crippen LogP contribution in [0.1, 0.15) is 22.4 Å². The third-order valence-corrected chi connectivity index (χ3v) is 3.85. The second-order valence-corrected chi connectivity index (χ2v) is 5.45. The van der Waals surface area contributed by atoms with Crippen LogP contribution in [-0.2, 0) is 20.1 Å². The molecule has 0 fully saturated rings. The van der Waals surface area contributed by atoms with Gasteiger partial charge in [0.15, 0.2) is 0 Å². The van der Waals surface area contributed by atoms with Crippen LogP contribution >= 0.6 is 15.9 Å². The molecule has 0 amide bonds. The van der Waals surface area contributed by atoms with Gasteiger partial charge >= 0.3 is 0 Å². The number of nitrogens with zero attached hydrogens (tertiary/aromatic N) is 2. The first-order valence-electron chi connectivity index (χ1n) is 6.01. The van der Waals surface area contributed by atoms with E-state index in [2.05, 4.69) is 57.7 Å². The molecule has 4 heteroatoms. The summed E-state index contributed by atoms with van der Waals surface area (Å²) < 4.78 is 3.02. The zero-order valence-electron chi connectivity index (χ0n) is 11.0. The van der Waals surface area contributed by atoms with Gasteiger partial charge < -0.3 is 5.32 Å². The van der Waals surface area contributed by atoms with Crippen LogP contribution < -0.4 is 5.32 Å². The van der Waals surface area contributed by atoms with Gasteiger partial charge in [0, 0.05) is 36.4 Å². The molecule has 1 heterocycles. The largest absolute Gasteiger partial charge is 0.308 e. The van der Waals surface area contributed by atoms with E-state index in [1.165, 1.54) is 21.2 Å². The van der Waals surface area contributed by atoms with Gasteiger partial charge in [-0.25, -0.2) is 0 Å². The number of aromatic nitrogens is 2. The Bertz CT molecular complexity index is 546. The molecule has 0 radical (unpaired) electrons. The van der Waals surface area contributed by atoms with Gasteiger partial charge in [-0.05, 0) is 31.0 Å². The van der Waals surface area contributed by atoms with E-state index in [-0.39, 0.29) is 0 Å². The molecule has 0 bridgehead atoms. The van der Waals surface area contributed by atoms with Crippen molar-refractivity contribution in [2.24, 2.45) is 7.05 Å². The summed E-state index contributed by atoms with van der Waals surface area (Å²) in [5.74, 6) is 0. The summed E-state index contributed by atoms with van der Waals surface area (Å²) in [6, 6.07) is 6.46. The monoisotopic (exact) mass is 307 g/mol. The predicted octanol–water partition coefficient (Wildman–Crippen LogP) is 3.09. The molecule has 0 aliphatic carbocycles. The number of nitrogens with one attached hydrogen (secondary N) is 1. The first-order chi connectivity index (χ1) is 8.56. The molecule has 0 aliphatic rings. The Balaban J connectivity index is 1.92. The highest BCUT2D eigenvalue weighted by Gasteiger charge is 2.02. The molecule has 0 atom stereocenters. The van der Waals surface area contributed by atoms with Crippen LogP contribution in [0, 0.1) is 13.8 Å². The zero-order chi connectivity index (χ0) is 13.1. The third-order valence-electron chi connectivity index (χ3n) is 3.00. The molecule has 0 unspecified atom stereocenters. The van der Waals surface area contributed by atoms with Crippen molar-refractivity contribution in [3.8, 4) is 0 Å². The maximum Gasteiger partial charge on any atom is 0.0638 e. The Morgan fingerprint density at radius 1 is 1.28 bits per heavy atom. The first-order valence-corrected chi connectivity index (χ1v) is 6.80. The summed E-state index contributed by atoms with van der Waals surface area (Å²) in [4.78, 5) is 0. The molecule has 96 valence electrons. The second kappa shape index (κ2) is 5.67. The number of rotatable bonds is 4. The second-order valence-electron chi connectivity index (χ2n) is 4.60. The molecule has 0 saturated carbocycles. The maximum atomic E-state index is 4.33. The summed E-state index contributed by atoms with van der Waals surface area (Å²) in [6.07, 6.45) is 2.06. The minimum atomic E-state index is 0.852. The molecule has 0 saturated heterocycles. The molecular weight excluding hydrogens is 290 g/mol. The average molecular weight is 308 g/mol. The predicted molar refractivity (Wildman–Crippen MR) is 77.4 cm³/mol. The Labute approximate surface area is 116 Å². The highest BCUT2D eigenvalue weighted by Crippen LogP contribution is 2.17. The summed E-state index contributed by atoms with van der Waals surface area (Å²) in [5, 5.41) is 7.78. The molecule has 1 aromatic heterocycles. The highest BCUT2D eigenvalue weighted by atomic mass is 79.9. The van der Waals surface area contributed by atoms with Crippen LogP contribution in [-0.4, -0.2) is 9.78 Å². The average Bonchev–Trinajstić information content (AvgIpc) is 2.63. The molecule has 0 spiro atoms. The van der Waals surface area contributed by atoms with Gasteiger partial charge in [0.2, 0.25) is 0 Å². The van der Waals surface area contributed by atoms with Crippen LogP contribution in [0.3, 0.4) is 0 Å². The minimum absolute atomic E-state index is 0.852. The lowest BCUT2D eigenvalue weighted by atomic mass is 10.1. The number of aryl methyl sites for hydroxylation is 3. The fourth-order valence-corrected chi connectivity index (χ4v) is 2.34. The summed E-state index contributed by atoms with van der Waals surface area (Å²) >= 11 is 3.56. The van der Waals surface area contributed by atoms with Crippen LogP contribution in [0.4, 0.5) is 0 Å². The normalized spacial score (nSPS) is 10.9. The van der Waals surface area contributed by atoms with Crippen molar-refractivity contribution < 1.29 is 0 Å². The molecule has 2 rings (SSSR count). The van der Waals surface area contributed by atoms with Crippen molar-refractivity contribution in [1.29, 1.82) is 0 Å². The molecule has 1 aromatic carbocycles. The molecule has 2 aromatic rings. The van der Waals surface area contributed by atoms with Gasteiger partial charge in [0.1, 0.15) is 0 Å². The van der Waals surface area contributed by atoms with E-state index in [1.54, 1.807) is 0 Å². The quantitative estimate of drug-likeness (QED) is 0.940. The van der Waals surface area contributed by atoms with E-state index >= 15 is 0 Å². The fraction of sp³-hybridized carbons (Fsp3) is 0.357. The molecule has 1 N–H and O–H groups in total. The van der Waals surface area contributed by atoms with Crippen molar-refractivity contribution in [1.82, 2.24) is 15.1 Å². The molecule has 0 aliphatic heterocycles. The maximum absolute atomic E-state index is 4.33. The lowest BCUT2D eigenvalue weighted by Crippen LogP contribution is -2.13. The molecule has 18 heavy (non-hydrogen) atoms. The smallest absolute Gasteiger partial charge is 0.0638 e. The van der Waals surface area contributed by atoms with Gasteiger partial charge in [0.25, 0.3) is 0 Å². The summed E-state index contributed by atoms with van der Waals surface area (Å²) in [6.45, 7) is 5.86. The van der Waals surface area contributed by atoms with E-state index in [0.29, 0.717) is 0 Å². The van der Waals surface area contributed by atoms with Crippen LogP contribution in [0.2, 0.25) is 0 Å². The van der Waals surface area contributed by atoms with E-state index < -0.39 is 0 Å². The lowest BCUT2D eigenvalue weighted by molar-refractivity contribution is 0.689. The number of halogens is 1. The lowest BCUT2D eigenvalue weighted by Gasteiger charge is -2.06. The topological polar surface area (TPSA) is 29.9 Å². The van der Waals surface area contributed by atoms with Crippen LogP contribution in [0.5, 0.6) is 0 Å². The Morgan fingerprint density at radius 2 is 2.06 bits per heavy atom. The van der Waals surface area contributed by atoms with Crippen molar-refractivity contribution in [3.63, 3.8) is 0 Å². The van der Waals surface area contributed by atoms with Crippen molar-refractivity contribution in [3.05, 3.63) is 51.3 Å². The van der Waals surface area contributed by atoms with Gasteiger partial charge in [-0.2, -0.15) is 5.10 Å². The van der Waals surface area contributed by atoms with Gasteiger partial charge in [-0.1, -0.05) is 28.1 Å². The van der Waals surface area contributed by atoms with Gasteiger partial charge in [-0.3, -0.25) is 4.68 Å². The highest BCUT2D eigenvalue weighted by molar-refractivity contribution is 9.10. The minimum Gasteiger partial charge on any atom is -0.308 e. The van der Waals surface area contributed by atoms with Crippen LogP contribution in [0.15, 0.2) is 28.9 Å². The van der Waals surface area contributed by atoms with Gasteiger partial charge in [-0.15, -0.1) is 0 Å². The standard InChI is InChI=1S/C14H18BrN3/c1-10-4-5-12(6-14(10)15)7-16-8-13-9-18(3)17-11(13)2/h4-6,9,16H,7-8H2,1-3H3. The fourth-order valence-electron chi connectivity index (χ4n) is 1.91. The number of hydrogen-bond acceptors (Lipinski definition) is 2. The molecular formula is C14H18BrN3. The molecule has 3 nitrogen and oxygen atoms in total. The SMILES string of the molecule is Cc1ccc(CNCc2cn(C)nc2C)cc1Br. The van der Waals surface area contributed by atoms with E-state index in [0.717, 1.165) is 18.8 Å². The van der Waals surface area contributed by atoms with E-state index in [4.69, 9.17) is 0 Å². The van der Waals surface area contributed by atoms with Crippen LogP contribution in [0.25, 0.3) is 0 Å². The van der Waals surface area contributed by atoms with E-state index in [9.17, 15) is 0 Å². The summed E-state index contributed by atoms with van der Waals surface area (Å²) in [7, 11) is 1.95. The third kappa shape index (κ3) is 3.21. The summed E-state index contributed by atoms with van der Waals surface area (Å²) in [5.41, 5.74) is 4.90. The first kappa shape index (κ1) is 13.3. The van der Waals surface area contributed by atoms with Crippen molar-refractivity contribution >= 4 is 15.9 Å². The number of benzene rings is 1. The van der Waals surface area contributed by atoms with Crippen molar-refractivity contribution in [2.75, 3.05) is 0 Å². The van der Waals surface area contributed by atoms with E-state index in [1.807, 2.05) is 18.7 Å². The zero-order valence-corrected chi connectivity index (χ0v) is 12.6. The number of hydrogen-bond donors (Lipinski definition) is 1. The van der Waals surface area contributed by atoms with Crippen molar-refractivity contribution in [2.45, 2.75) is 26.9 Å². The van der Waals surface area contributed by atoms with Gasteiger partial charge in [0.05, 0.1) is 5.69 Å².